The molecule has 2 nitrogen and oxygen atoms in total. The molecule has 0 aliphatic carbocycles. The number of hydrogen-bond acceptors (Lipinski definition) is 2. The van der Waals surface area contributed by atoms with E-state index in [9.17, 15) is 9.00 Å². The number of carbonyl (C=O) groups excluding carboxylic acids is 1. The summed E-state index contributed by atoms with van der Waals surface area (Å²) in [7, 11) is -2.16. The molecule has 0 spiro atoms. The Labute approximate surface area is 114 Å². The van der Waals surface area contributed by atoms with E-state index in [1.807, 2.05) is 42.5 Å². The Hall–Kier alpha value is -1.87. The molecule has 0 saturated carbocycles. The van der Waals surface area contributed by atoms with Crippen molar-refractivity contribution in [3.8, 4) is 11.1 Å². The lowest BCUT2D eigenvalue weighted by atomic mass is 10.0. The topological polar surface area (TPSA) is 34.1 Å². The Kier molecular flexibility index (Phi) is 3.86. The predicted octanol–water partition coefficient (Wildman–Crippen LogP) is 2.88. The van der Waals surface area contributed by atoms with Gasteiger partial charge in [-0.25, -0.2) is 0 Å². The molecule has 0 amide bonds. The molecule has 3 heteroatoms. The van der Waals surface area contributed by atoms with Gasteiger partial charge in [0.15, 0.2) is 5.78 Å². The van der Waals surface area contributed by atoms with Crippen LogP contribution in [-0.2, 0) is 9.52 Å². The van der Waals surface area contributed by atoms with Crippen molar-refractivity contribution in [1.29, 1.82) is 0 Å². The maximum absolute atomic E-state index is 11.9. The number of ketones is 1. The number of benzene rings is 2. The largest absolute Gasteiger partial charge is 0.289 e. The standard InChI is InChI=1S/C16H16O2S/c1-19(2,18)12-16(17)15-10-8-14(9-11-15)13-6-4-3-5-7-13/h3-12H,1-2H3. The van der Waals surface area contributed by atoms with Crippen LogP contribution in [0.15, 0.2) is 54.6 Å². The minimum atomic E-state index is -2.16. The third-order valence-electron chi connectivity index (χ3n) is 2.67. The van der Waals surface area contributed by atoms with Crippen molar-refractivity contribution in [1.82, 2.24) is 0 Å². The summed E-state index contributed by atoms with van der Waals surface area (Å²) in [5, 5.41) is 1.30. The van der Waals surface area contributed by atoms with E-state index < -0.39 is 9.52 Å². The maximum atomic E-state index is 11.9. The van der Waals surface area contributed by atoms with Crippen LogP contribution < -0.4 is 0 Å². The van der Waals surface area contributed by atoms with Crippen molar-refractivity contribution in [3.05, 3.63) is 60.2 Å². The molecule has 0 aromatic heterocycles. The van der Waals surface area contributed by atoms with E-state index in [2.05, 4.69) is 0 Å². The van der Waals surface area contributed by atoms with Crippen LogP contribution >= 0.6 is 0 Å². The summed E-state index contributed by atoms with van der Waals surface area (Å²) >= 11 is 0. The quantitative estimate of drug-likeness (QED) is 0.636. The fourth-order valence-corrected chi connectivity index (χ4v) is 2.43. The van der Waals surface area contributed by atoms with Crippen LogP contribution in [0.3, 0.4) is 0 Å². The van der Waals surface area contributed by atoms with Gasteiger partial charge in [-0.1, -0.05) is 54.6 Å². The van der Waals surface area contributed by atoms with Crippen LogP contribution in [0.2, 0.25) is 0 Å². The van der Waals surface area contributed by atoms with Gasteiger partial charge in [0.2, 0.25) is 0 Å². The van der Waals surface area contributed by atoms with Gasteiger partial charge in [0.05, 0.1) is 0 Å². The first kappa shape index (κ1) is 13.6. The second-order valence-electron chi connectivity index (χ2n) is 4.73. The maximum Gasteiger partial charge on any atom is 0.193 e. The molecular weight excluding hydrogens is 256 g/mol. The zero-order chi connectivity index (χ0) is 13.9. The lowest BCUT2D eigenvalue weighted by Crippen LogP contribution is -2.08. The first-order chi connectivity index (χ1) is 8.96. The smallest absolute Gasteiger partial charge is 0.193 e. The van der Waals surface area contributed by atoms with Crippen molar-refractivity contribution >= 4 is 20.7 Å². The average molecular weight is 272 g/mol. The van der Waals surface area contributed by atoms with Gasteiger partial charge in [-0.05, 0) is 20.6 Å². The average Bonchev–Trinajstić information content (AvgIpc) is 2.38. The van der Waals surface area contributed by atoms with Gasteiger partial charge in [0.1, 0.15) is 0 Å². The summed E-state index contributed by atoms with van der Waals surface area (Å²) in [6.45, 7) is 0. The van der Waals surface area contributed by atoms with Crippen LogP contribution in [0.4, 0.5) is 0 Å². The molecule has 19 heavy (non-hydrogen) atoms. The van der Waals surface area contributed by atoms with Gasteiger partial charge in [-0.3, -0.25) is 9.00 Å². The molecule has 0 fully saturated rings. The zero-order valence-electron chi connectivity index (χ0n) is 11.0. The van der Waals surface area contributed by atoms with Crippen LogP contribution in [0.25, 0.3) is 11.1 Å². The van der Waals surface area contributed by atoms with E-state index in [0.29, 0.717) is 5.56 Å². The molecule has 0 atom stereocenters. The SMILES string of the molecule is CS(C)(=O)=CC(=O)c1ccc(-c2ccccc2)cc1. The minimum absolute atomic E-state index is 0.186. The van der Waals surface area contributed by atoms with Gasteiger partial charge in [-0.2, -0.15) is 0 Å². The summed E-state index contributed by atoms with van der Waals surface area (Å²) in [6.07, 6.45) is 3.12. The van der Waals surface area contributed by atoms with Crippen LogP contribution in [0.5, 0.6) is 0 Å². The fraction of sp³-hybridized carbons (Fsp3) is 0.125. The molecule has 2 aromatic carbocycles. The highest BCUT2D eigenvalue weighted by Gasteiger charge is 2.05. The molecule has 0 radical (unpaired) electrons. The van der Waals surface area contributed by atoms with Crippen molar-refractivity contribution < 1.29 is 9.00 Å². The van der Waals surface area contributed by atoms with E-state index in [4.69, 9.17) is 0 Å². The Morgan fingerprint density at radius 1 is 0.895 bits per heavy atom. The molecule has 0 N–H and O–H groups in total. The monoisotopic (exact) mass is 272 g/mol. The summed E-state index contributed by atoms with van der Waals surface area (Å²) in [5.74, 6) is -0.186. The van der Waals surface area contributed by atoms with Crippen molar-refractivity contribution in [2.75, 3.05) is 12.5 Å². The van der Waals surface area contributed by atoms with Crippen LogP contribution in [-0.4, -0.2) is 27.9 Å². The van der Waals surface area contributed by atoms with Gasteiger partial charge >= 0.3 is 0 Å². The first-order valence-corrected chi connectivity index (χ1v) is 8.38. The van der Waals surface area contributed by atoms with Crippen LogP contribution in [0.1, 0.15) is 10.4 Å². The Morgan fingerprint density at radius 3 is 1.95 bits per heavy atom. The summed E-state index contributed by atoms with van der Waals surface area (Å²) < 4.78 is 11.6. The van der Waals surface area contributed by atoms with Gasteiger partial charge in [-0.15, -0.1) is 0 Å². The molecule has 0 unspecified atom stereocenters. The van der Waals surface area contributed by atoms with Crippen LogP contribution in [0, 0.1) is 0 Å². The van der Waals surface area contributed by atoms with Crippen molar-refractivity contribution in [2.45, 2.75) is 0 Å². The van der Waals surface area contributed by atoms with Gasteiger partial charge < -0.3 is 0 Å². The summed E-state index contributed by atoms with van der Waals surface area (Å²) in [4.78, 5) is 11.9. The van der Waals surface area contributed by atoms with Crippen molar-refractivity contribution in [3.63, 3.8) is 0 Å². The van der Waals surface area contributed by atoms with Gasteiger partial charge in [0, 0.05) is 23.4 Å². The lowest BCUT2D eigenvalue weighted by Gasteiger charge is -2.03. The molecule has 0 saturated heterocycles. The Bertz CT molecular complexity index is 683. The molecular formula is C16H16O2S. The van der Waals surface area contributed by atoms with E-state index in [1.165, 1.54) is 5.37 Å². The third-order valence-corrected chi connectivity index (χ3v) is 3.45. The second-order valence-corrected chi connectivity index (χ2v) is 7.59. The number of rotatable bonds is 3. The molecule has 98 valence electrons. The highest BCUT2D eigenvalue weighted by atomic mass is 32.2. The van der Waals surface area contributed by atoms with Gasteiger partial charge in [0.25, 0.3) is 0 Å². The number of carbonyl (C=O) groups is 1. The third kappa shape index (κ3) is 3.80. The number of hydrogen-bond donors (Lipinski definition) is 0. The van der Waals surface area contributed by atoms with E-state index in [-0.39, 0.29) is 5.78 Å². The Balaban J connectivity index is 2.30. The normalized spacial score (nSPS) is 11.1. The summed E-state index contributed by atoms with van der Waals surface area (Å²) in [6, 6.07) is 17.3. The zero-order valence-corrected chi connectivity index (χ0v) is 11.8. The highest BCUT2D eigenvalue weighted by molar-refractivity contribution is 8.01. The van der Waals surface area contributed by atoms with E-state index >= 15 is 0 Å². The minimum Gasteiger partial charge on any atom is -0.289 e. The Morgan fingerprint density at radius 2 is 1.42 bits per heavy atom. The van der Waals surface area contributed by atoms with Crippen molar-refractivity contribution in [2.24, 2.45) is 0 Å². The predicted molar refractivity (Wildman–Crippen MR) is 82.3 cm³/mol. The molecule has 0 aliphatic rings. The van der Waals surface area contributed by atoms with E-state index in [0.717, 1.165) is 11.1 Å². The van der Waals surface area contributed by atoms with E-state index in [1.54, 1.807) is 24.6 Å². The lowest BCUT2D eigenvalue weighted by molar-refractivity contribution is 0.107. The second kappa shape index (κ2) is 5.41. The molecule has 2 rings (SSSR count). The highest BCUT2D eigenvalue weighted by Crippen LogP contribution is 2.19. The molecule has 0 heterocycles. The molecule has 2 aromatic rings. The molecule has 0 bridgehead atoms. The summed E-state index contributed by atoms with van der Waals surface area (Å²) in [5.41, 5.74) is 2.74. The fourth-order valence-electron chi connectivity index (χ4n) is 1.78. The first-order valence-electron chi connectivity index (χ1n) is 5.94. The number of Topliss-reactive ketones (excluding diaryl/α,β-unsaturated/α-hetero) is 1. The molecule has 0 aliphatic heterocycles.